The zero-order chi connectivity index (χ0) is 5.98. The molecule has 0 aromatic rings. The molecule has 0 spiro atoms. The van der Waals surface area contributed by atoms with Gasteiger partial charge < -0.3 is 0 Å². The molecule has 0 heterocycles. The van der Waals surface area contributed by atoms with Gasteiger partial charge in [0.1, 0.15) is 0 Å². The van der Waals surface area contributed by atoms with Crippen LogP contribution in [0.1, 0.15) is 12.8 Å². The van der Waals surface area contributed by atoms with Crippen LogP contribution in [0.5, 0.6) is 0 Å². The van der Waals surface area contributed by atoms with Gasteiger partial charge in [0.2, 0.25) is 0 Å². The second kappa shape index (κ2) is 2.65. The van der Waals surface area contributed by atoms with Crippen LogP contribution in [0.15, 0.2) is 0 Å². The summed E-state index contributed by atoms with van der Waals surface area (Å²) in [6.07, 6.45) is 2.08. The molecule has 1 aliphatic carbocycles. The van der Waals surface area contributed by atoms with Gasteiger partial charge in [-0.25, -0.2) is 0 Å². The number of hydrogen-bond acceptors (Lipinski definition) is 2. The van der Waals surface area contributed by atoms with E-state index in [1.165, 1.54) is 0 Å². The minimum Gasteiger partial charge on any atom is -0.258 e. The topological polar surface area (TPSA) is 35.8 Å². The lowest BCUT2D eigenvalue weighted by atomic mass is 9.82. The normalized spacial score (nSPS) is 35.5. The lowest BCUT2D eigenvalue weighted by Gasteiger charge is -2.28. The van der Waals surface area contributed by atoms with Crippen molar-refractivity contribution in [3.63, 3.8) is 0 Å². The summed E-state index contributed by atoms with van der Waals surface area (Å²) < 4.78 is 3.08. The van der Waals surface area contributed by atoms with Crippen molar-refractivity contribution in [1.82, 2.24) is 3.53 Å². The molecule has 2 nitrogen and oxygen atoms in total. The first kappa shape index (κ1) is 6.30. The molecule has 0 amide bonds. The molecule has 44 valence electrons. The largest absolute Gasteiger partial charge is 0.258 e. The standard InChI is InChI=1S/C5H7IN2/c6-8-5-1-4(2-5)3-7/h4-5,8H,1-2H2/t4-,5-. The van der Waals surface area contributed by atoms with Crippen molar-refractivity contribution < 1.29 is 0 Å². The van der Waals surface area contributed by atoms with E-state index in [1.807, 2.05) is 0 Å². The molecule has 0 aromatic heterocycles. The Kier molecular flexibility index (Phi) is 2.08. The Morgan fingerprint density at radius 1 is 1.62 bits per heavy atom. The summed E-state index contributed by atoms with van der Waals surface area (Å²) in [5.41, 5.74) is 0. The molecule has 1 N–H and O–H groups in total. The Bertz CT molecular complexity index is 112. The minimum atomic E-state index is 0.335. The summed E-state index contributed by atoms with van der Waals surface area (Å²) in [5, 5.41) is 8.32. The van der Waals surface area contributed by atoms with E-state index in [1.54, 1.807) is 0 Å². The van der Waals surface area contributed by atoms with E-state index in [4.69, 9.17) is 5.26 Å². The molecular formula is C5H7IN2. The van der Waals surface area contributed by atoms with Crippen LogP contribution in [-0.2, 0) is 0 Å². The van der Waals surface area contributed by atoms with Crippen molar-refractivity contribution in [1.29, 1.82) is 5.26 Å². The van der Waals surface area contributed by atoms with Crippen LogP contribution in [0.3, 0.4) is 0 Å². The fraction of sp³-hybridized carbons (Fsp3) is 0.800. The molecule has 8 heavy (non-hydrogen) atoms. The van der Waals surface area contributed by atoms with Crippen molar-refractivity contribution in [3.8, 4) is 6.07 Å². The molecule has 1 rings (SSSR count). The van der Waals surface area contributed by atoms with Crippen LogP contribution in [0.25, 0.3) is 0 Å². The molecule has 1 aliphatic rings. The molecule has 0 unspecified atom stereocenters. The van der Waals surface area contributed by atoms with Crippen LogP contribution in [0.4, 0.5) is 0 Å². The summed E-state index contributed by atoms with van der Waals surface area (Å²) in [6.45, 7) is 0. The maximum absolute atomic E-state index is 8.32. The van der Waals surface area contributed by atoms with Crippen LogP contribution in [0.2, 0.25) is 0 Å². The predicted octanol–water partition coefficient (Wildman–Crippen LogP) is 1.23. The van der Waals surface area contributed by atoms with Gasteiger partial charge in [-0.15, -0.1) is 0 Å². The second-order valence-electron chi connectivity index (χ2n) is 2.10. The van der Waals surface area contributed by atoms with Gasteiger partial charge in [-0.3, -0.25) is 3.53 Å². The molecule has 0 atom stereocenters. The molecule has 0 aliphatic heterocycles. The van der Waals surface area contributed by atoms with E-state index in [9.17, 15) is 0 Å². The van der Waals surface area contributed by atoms with Crippen LogP contribution < -0.4 is 3.53 Å². The number of nitriles is 1. The number of hydrogen-bond donors (Lipinski definition) is 1. The summed E-state index contributed by atoms with van der Waals surface area (Å²) in [5.74, 6) is 0.335. The molecule has 1 saturated carbocycles. The van der Waals surface area contributed by atoms with E-state index in [2.05, 4.69) is 32.5 Å². The first-order valence-electron chi connectivity index (χ1n) is 2.62. The van der Waals surface area contributed by atoms with Crippen molar-refractivity contribution in [3.05, 3.63) is 0 Å². The van der Waals surface area contributed by atoms with Gasteiger partial charge in [0.15, 0.2) is 0 Å². The smallest absolute Gasteiger partial charge is 0.0657 e. The van der Waals surface area contributed by atoms with E-state index >= 15 is 0 Å². The van der Waals surface area contributed by atoms with Crippen molar-refractivity contribution in [2.75, 3.05) is 0 Å². The summed E-state index contributed by atoms with van der Waals surface area (Å²) >= 11 is 2.13. The zero-order valence-corrected chi connectivity index (χ0v) is 6.55. The second-order valence-corrected chi connectivity index (χ2v) is 2.73. The van der Waals surface area contributed by atoms with E-state index in [0.717, 1.165) is 12.8 Å². The number of rotatable bonds is 1. The van der Waals surface area contributed by atoms with Gasteiger partial charge >= 0.3 is 0 Å². The van der Waals surface area contributed by atoms with E-state index in [-0.39, 0.29) is 0 Å². The Hall–Kier alpha value is 0.180. The fourth-order valence-electron chi connectivity index (χ4n) is 0.812. The first-order valence-corrected chi connectivity index (χ1v) is 3.70. The van der Waals surface area contributed by atoms with Gasteiger partial charge in [-0.1, -0.05) is 0 Å². The van der Waals surface area contributed by atoms with Crippen LogP contribution in [0, 0.1) is 17.2 Å². The lowest BCUT2D eigenvalue weighted by molar-refractivity contribution is 0.321. The summed E-state index contributed by atoms with van der Waals surface area (Å²) in [6, 6.07) is 2.83. The predicted molar refractivity (Wildman–Crippen MR) is 39.3 cm³/mol. The zero-order valence-electron chi connectivity index (χ0n) is 4.39. The van der Waals surface area contributed by atoms with Gasteiger partial charge in [0, 0.05) is 34.8 Å². The van der Waals surface area contributed by atoms with Crippen LogP contribution in [-0.4, -0.2) is 6.04 Å². The van der Waals surface area contributed by atoms with E-state index < -0.39 is 0 Å². The first-order chi connectivity index (χ1) is 3.86. The third-order valence-electron chi connectivity index (χ3n) is 1.47. The molecule has 0 radical (unpaired) electrons. The average molecular weight is 222 g/mol. The summed E-state index contributed by atoms with van der Waals surface area (Å²) in [4.78, 5) is 0. The lowest BCUT2D eigenvalue weighted by Crippen LogP contribution is -2.35. The minimum absolute atomic E-state index is 0.335. The highest BCUT2D eigenvalue weighted by atomic mass is 127. The Morgan fingerprint density at radius 3 is 2.62 bits per heavy atom. The summed E-state index contributed by atoms with van der Waals surface area (Å²) in [7, 11) is 0. The average Bonchev–Trinajstić information content (AvgIpc) is 1.65. The van der Waals surface area contributed by atoms with Gasteiger partial charge in [0.25, 0.3) is 0 Å². The Labute approximate surface area is 62.8 Å². The third-order valence-corrected chi connectivity index (χ3v) is 2.36. The maximum atomic E-state index is 8.32. The Balaban J connectivity index is 2.14. The van der Waals surface area contributed by atoms with Crippen LogP contribution >= 0.6 is 22.9 Å². The molecule has 3 heteroatoms. The fourth-order valence-corrected chi connectivity index (χ4v) is 1.32. The SMILES string of the molecule is N#C[C@H]1C[C@H](NI)C1. The maximum Gasteiger partial charge on any atom is 0.0657 e. The van der Waals surface area contributed by atoms with Gasteiger partial charge in [-0.2, -0.15) is 5.26 Å². The van der Waals surface area contributed by atoms with Crippen molar-refractivity contribution in [2.24, 2.45) is 5.92 Å². The third kappa shape index (κ3) is 1.12. The molecule has 1 fully saturated rings. The highest BCUT2D eigenvalue weighted by Crippen LogP contribution is 2.26. The van der Waals surface area contributed by atoms with E-state index in [0.29, 0.717) is 12.0 Å². The number of nitrogens with zero attached hydrogens (tertiary/aromatic N) is 1. The molecular weight excluding hydrogens is 215 g/mol. The molecule has 0 aromatic carbocycles. The highest BCUT2D eigenvalue weighted by Gasteiger charge is 2.27. The molecule has 0 bridgehead atoms. The number of nitrogens with one attached hydrogen (secondary N) is 1. The monoisotopic (exact) mass is 222 g/mol. The van der Waals surface area contributed by atoms with Gasteiger partial charge in [-0.05, 0) is 12.8 Å². The quantitative estimate of drug-likeness (QED) is 0.535. The van der Waals surface area contributed by atoms with Crippen molar-refractivity contribution in [2.45, 2.75) is 18.9 Å². The highest BCUT2D eigenvalue weighted by molar-refractivity contribution is 14.1. The Morgan fingerprint density at radius 2 is 2.25 bits per heavy atom. The van der Waals surface area contributed by atoms with Gasteiger partial charge in [0.05, 0.1) is 6.07 Å². The molecule has 0 saturated heterocycles. The number of halogens is 1. The van der Waals surface area contributed by atoms with Crippen molar-refractivity contribution >= 4 is 22.9 Å².